The van der Waals surface area contributed by atoms with Gasteiger partial charge in [0.05, 0.1) is 0 Å². The average Bonchev–Trinajstić information content (AvgIpc) is 2.43. The van der Waals surface area contributed by atoms with Gasteiger partial charge in [0.2, 0.25) is 0 Å². The minimum Gasteiger partial charge on any atom is -0.352 e. The first kappa shape index (κ1) is 13.7. The summed E-state index contributed by atoms with van der Waals surface area (Å²) in [5.41, 5.74) is 2.30. The second-order valence-corrected chi connectivity index (χ2v) is 4.79. The molecule has 102 valence electrons. The molecule has 3 nitrogen and oxygen atoms in total. The summed E-state index contributed by atoms with van der Waals surface area (Å²) in [6.45, 7) is 4.19. The Balaban J connectivity index is 1.83. The van der Waals surface area contributed by atoms with Gasteiger partial charge in [-0.25, -0.2) is 4.39 Å². The molecule has 1 aromatic rings. The maximum atomic E-state index is 13.4. The van der Waals surface area contributed by atoms with Gasteiger partial charge in [-0.2, -0.15) is 0 Å². The fourth-order valence-electron chi connectivity index (χ4n) is 2.07. The number of aryl methyl sites for hydroxylation is 1. The van der Waals surface area contributed by atoms with Gasteiger partial charge in [0, 0.05) is 18.7 Å². The topological polar surface area (TPSA) is 41.1 Å². The summed E-state index contributed by atoms with van der Waals surface area (Å²) in [7, 11) is 0. The van der Waals surface area contributed by atoms with Crippen molar-refractivity contribution in [2.45, 2.75) is 19.8 Å². The molecule has 1 amide bonds. The third-order valence-corrected chi connectivity index (χ3v) is 3.32. The van der Waals surface area contributed by atoms with E-state index in [9.17, 15) is 9.18 Å². The lowest BCUT2D eigenvalue weighted by molar-refractivity contribution is 0.0953. The summed E-state index contributed by atoms with van der Waals surface area (Å²) in [5.74, 6) is -0.554. The summed E-state index contributed by atoms with van der Waals surface area (Å²) < 4.78 is 13.4. The molecule has 19 heavy (non-hydrogen) atoms. The highest BCUT2D eigenvalue weighted by atomic mass is 19.1. The van der Waals surface area contributed by atoms with Gasteiger partial charge in [-0.15, -0.1) is 0 Å². The minimum atomic E-state index is -0.339. The van der Waals surface area contributed by atoms with Gasteiger partial charge in [-0.1, -0.05) is 17.7 Å². The Hall–Kier alpha value is -1.68. The van der Waals surface area contributed by atoms with Crippen molar-refractivity contribution >= 4 is 5.91 Å². The second-order valence-electron chi connectivity index (χ2n) is 4.79. The van der Waals surface area contributed by atoms with Crippen LogP contribution in [0.15, 0.2) is 29.8 Å². The molecule has 1 aliphatic heterocycles. The van der Waals surface area contributed by atoms with E-state index in [1.54, 1.807) is 19.1 Å². The molecule has 0 saturated heterocycles. The van der Waals surface area contributed by atoms with E-state index in [4.69, 9.17) is 0 Å². The third kappa shape index (κ3) is 3.89. The zero-order valence-electron chi connectivity index (χ0n) is 11.1. The molecule has 0 aliphatic carbocycles. The fraction of sp³-hybridized carbons (Fsp3) is 0.400. The highest BCUT2D eigenvalue weighted by molar-refractivity contribution is 5.94. The SMILES string of the molecule is Cc1ccc(C(=O)NCCC2=CCNCC2)cc1F. The van der Waals surface area contributed by atoms with Crippen LogP contribution in [0.3, 0.4) is 0 Å². The number of carbonyl (C=O) groups is 1. The van der Waals surface area contributed by atoms with Crippen LogP contribution in [0.4, 0.5) is 4.39 Å². The van der Waals surface area contributed by atoms with Gasteiger partial charge in [-0.3, -0.25) is 4.79 Å². The zero-order valence-corrected chi connectivity index (χ0v) is 11.1. The molecule has 2 rings (SSSR count). The maximum absolute atomic E-state index is 13.4. The van der Waals surface area contributed by atoms with Gasteiger partial charge in [-0.05, 0) is 44.0 Å². The Morgan fingerprint density at radius 2 is 2.32 bits per heavy atom. The van der Waals surface area contributed by atoms with E-state index in [2.05, 4.69) is 16.7 Å². The van der Waals surface area contributed by atoms with Crippen LogP contribution in [0.1, 0.15) is 28.8 Å². The fourth-order valence-corrected chi connectivity index (χ4v) is 2.07. The number of carbonyl (C=O) groups excluding carboxylic acids is 1. The van der Waals surface area contributed by atoms with E-state index in [-0.39, 0.29) is 11.7 Å². The van der Waals surface area contributed by atoms with Crippen LogP contribution in [-0.4, -0.2) is 25.5 Å². The monoisotopic (exact) mass is 262 g/mol. The Labute approximate surface area is 112 Å². The summed E-state index contributed by atoms with van der Waals surface area (Å²) in [5, 5.41) is 6.07. The van der Waals surface area contributed by atoms with Crippen molar-refractivity contribution in [3.05, 3.63) is 46.8 Å². The number of amides is 1. The molecule has 0 aromatic heterocycles. The first-order valence-electron chi connectivity index (χ1n) is 6.60. The van der Waals surface area contributed by atoms with E-state index in [0.29, 0.717) is 17.7 Å². The van der Waals surface area contributed by atoms with Gasteiger partial charge in [0.1, 0.15) is 5.82 Å². The van der Waals surface area contributed by atoms with Crippen LogP contribution >= 0.6 is 0 Å². The molecule has 0 radical (unpaired) electrons. The Morgan fingerprint density at radius 3 is 3.00 bits per heavy atom. The second kappa shape index (κ2) is 6.48. The summed E-state index contributed by atoms with van der Waals surface area (Å²) in [6.07, 6.45) is 4.07. The van der Waals surface area contributed by atoms with Crippen LogP contribution in [0.5, 0.6) is 0 Å². The summed E-state index contributed by atoms with van der Waals surface area (Å²) in [6, 6.07) is 4.56. The molecule has 0 fully saturated rings. The molecule has 0 atom stereocenters. The zero-order chi connectivity index (χ0) is 13.7. The van der Waals surface area contributed by atoms with Crippen molar-refractivity contribution in [3.8, 4) is 0 Å². The molecule has 4 heteroatoms. The Kier molecular flexibility index (Phi) is 4.68. The quantitative estimate of drug-likeness (QED) is 0.817. The van der Waals surface area contributed by atoms with Crippen molar-refractivity contribution in [2.75, 3.05) is 19.6 Å². The van der Waals surface area contributed by atoms with Crippen LogP contribution in [0, 0.1) is 12.7 Å². The van der Waals surface area contributed by atoms with Crippen molar-refractivity contribution in [1.29, 1.82) is 0 Å². The lowest BCUT2D eigenvalue weighted by atomic mass is 10.1. The van der Waals surface area contributed by atoms with Gasteiger partial charge < -0.3 is 10.6 Å². The largest absolute Gasteiger partial charge is 0.352 e. The van der Waals surface area contributed by atoms with Crippen LogP contribution in [0.2, 0.25) is 0 Å². The molecular weight excluding hydrogens is 243 g/mol. The number of hydrogen-bond donors (Lipinski definition) is 2. The normalized spacial score (nSPS) is 14.9. The van der Waals surface area contributed by atoms with Crippen molar-refractivity contribution < 1.29 is 9.18 Å². The first-order chi connectivity index (χ1) is 9.16. The van der Waals surface area contributed by atoms with Gasteiger partial charge >= 0.3 is 0 Å². The van der Waals surface area contributed by atoms with Crippen molar-refractivity contribution in [1.82, 2.24) is 10.6 Å². The van der Waals surface area contributed by atoms with E-state index in [1.807, 2.05) is 0 Å². The number of rotatable bonds is 4. The number of nitrogens with one attached hydrogen (secondary N) is 2. The standard InChI is InChI=1S/C15H19FN2O/c1-11-2-3-13(10-14(11)16)15(19)18-9-6-12-4-7-17-8-5-12/h2-4,10,17H,5-9H2,1H3,(H,18,19). The van der Waals surface area contributed by atoms with E-state index < -0.39 is 0 Å². The Bertz CT molecular complexity index is 497. The van der Waals surface area contributed by atoms with E-state index >= 15 is 0 Å². The van der Waals surface area contributed by atoms with Gasteiger partial charge in [0.25, 0.3) is 5.91 Å². The molecule has 2 N–H and O–H groups in total. The molecule has 0 saturated carbocycles. The number of benzene rings is 1. The Morgan fingerprint density at radius 1 is 1.47 bits per heavy atom. The van der Waals surface area contributed by atoms with Crippen LogP contribution in [0.25, 0.3) is 0 Å². The molecule has 1 heterocycles. The first-order valence-corrected chi connectivity index (χ1v) is 6.60. The highest BCUT2D eigenvalue weighted by Crippen LogP contribution is 2.10. The lowest BCUT2D eigenvalue weighted by Gasteiger charge is -2.14. The number of halogens is 1. The minimum absolute atomic E-state index is 0.214. The summed E-state index contributed by atoms with van der Waals surface area (Å²) in [4.78, 5) is 11.8. The molecule has 1 aliphatic rings. The van der Waals surface area contributed by atoms with E-state index in [0.717, 1.165) is 25.9 Å². The molecule has 0 spiro atoms. The number of hydrogen-bond acceptors (Lipinski definition) is 2. The third-order valence-electron chi connectivity index (χ3n) is 3.32. The molecular formula is C15H19FN2O. The molecule has 1 aromatic carbocycles. The smallest absolute Gasteiger partial charge is 0.251 e. The predicted molar refractivity (Wildman–Crippen MR) is 73.7 cm³/mol. The molecule has 0 bridgehead atoms. The highest BCUT2D eigenvalue weighted by Gasteiger charge is 2.08. The summed E-state index contributed by atoms with van der Waals surface area (Å²) >= 11 is 0. The maximum Gasteiger partial charge on any atom is 0.251 e. The van der Waals surface area contributed by atoms with Crippen LogP contribution in [-0.2, 0) is 0 Å². The van der Waals surface area contributed by atoms with Gasteiger partial charge in [0.15, 0.2) is 0 Å². The lowest BCUT2D eigenvalue weighted by Crippen LogP contribution is -2.26. The predicted octanol–water partition coefficient (Wildman–Crippen LogP) is 2.17. The molecule has 0 unspecified atom stereocenters. The average molecular weight is 262 g/mol. The van der Waals surface area contributed by atoms with Crippen LogP contribution < -0.4 is 10.6 Å². The van der Waals surface area contributed by atoms with E-state index in [1.165, 1.54) is 11.6 Å². The van der Waals surface area contributed by atoms with Crippen molar-refractivity contribution in [3.63, 3.8) is 0 Å². The van der Waals surface area contributed by atoms with Crippen molar-refractivity contribution in [2.24, 2.45) is 0 Å².